The predicted octanol–water partition coefficient (Wildman–Crippen LogP) is 4.85. The molecule has 0 aromatic heterocycles. The highest BCUT2D eigenvalue weighted by atomic mass is 16.5. The number of carbonyl (C=O) groups excluding carboxylic acids is 1. The lowest BCUT2D eigenvalue weighted by Crippen LogP contribution is -2.13. The lowest BCUT2D eigenvalue weighted by atomic mass is 10.1. The van der Waals surface area contributed by atoms with Crippen LogP contribution in [0.15, 0.2) is 60.7 Å². The summed E-state index contributed by atoms with van der Waals surface area (Å²) in [6.07, 6.45) is 0. The molecule has 6 nitrogen and oxygen atoms in total. The molecule has 1 N–H and O–H groups in total. The van der Waals surface area contributed by atoms with Crippen LogP contribution in [0.25, 0.3) is 0 Å². The van der Waals surface area contributed by atoms with Crippen LogP contribution in [0.2, 0.25) is 0 Å². The highest BCUT2D eigenvalue weighted by Crippen LogP contribution is 2.27. The summed E-state index contributed by atoms with van der Waals surface area (Å²) in [4.78, 5) is 12.8. The molecule has 0 aliphatic heterocycles. The molecular formula is C24H25NO5. The summed E-state index contributed by atoms with van der Waals surface area (Å²) in [5.41, 5.74) is 2.90. The molecule has 3 rings (SSSR count). The maximum atomic E-state index is 12.8. The first-order valence-electron chi connectivity index (χ1n) is 9.44. The van der Waals surface area contributed by atoms with Crippen molar-refractivity contribution in [1.29, 1.82) is 0 Å². The fourth-order valence-electron chi connectivity index (χ4n) is 2.98. The fraction of sp³-hybridized carbons (Fsp3) is 0.208. The van der Waals surface area contributed by atoms with Gasteiger partial charge in [0.15, 0.2) is 0 Å². The van der Waals surface area contributed by atoms with E-state index >= 15 is 0 Å². The van der Waals surface area contributed by atoms with E-state index in [2.05, 4.69) is 5.32 Å². The molecule has 0 bridgehead atoms. The molecule has 0 aliphatic rings. The molecule has 1 amide bonds. The zero-order valence-corrected chi connectivity index (χ0v) is 17.5. The Morgan fingerprint density at radius 2 is 1.47 bits per heavy atom. The lowest BCUT2D eigenvalue weighted by Gasteiger charge is -2.14. The third-order valence-electron chi connectivity index (χ3n) is 4.60. The standard InChI is InChI=1S/C24H25NO5/c1-16-5-11-23(29-4)21(13-16)25-24(26)17-6-12-22(28-3)18(14-17)15-30-20-9-7-19(27-2)8-10-20/h5-14H,15H2,1-4H3,(H,25,26). The number of nitrogens with one attached hydrogen (secondary N) is 1. The number of carbonyl (C=O) groups is 1. The van der Waals surface area contributed by atoms with Gasteiger partial charge in [-0.15, -0.1) is 0 Å². The molecule has 0 unspecified atom stereocenters. The number of aryl methyl sites for hydroxylation is 1. The molecule has 0 atom stereocenters. The van der Waals surface area contributed by atoms with Crippen LogP contribution in [0.5, 0.6) is 23.0 Å². The van der Waals surface area contributed by atoms with Crippen LogP contribution in [-0.2, 0) is 6.61 Å². The summed E-state index contributed by atoms with van der Waals surface area (Å²) in [5, 5.41) is 2.91. The van der Waals surface area contributed by atoms with Gasteiger partial charge < -0.3 is 24.3 Å². The van der Waals surface area contributed by atoms with Gasteiger partial charge in [-0.2, -0.15) is 0 Å². The van der Waals surface area contributed by atoms with Crippen molar-refractivity contribution in [2.24, 2.45) is 0 Å². The van der Waals surface area contributed by atoms with E-state index in [0.29, 0.717) is 28.5 Å². The van der Waals surface area contributed by atoms with Gasteiger partial charge in [-0.05, 0) is 67.1 Å². The first-order chi connectivity index (χ1) is 14.5. The SMILES string of the molecule is COc1ccc(OCc2cc(C(=O)Nc3cc(C)ccc3OC)ccc2OC)cc1. The van der Waals surface area contributed by atoms with Crippen molar-refractivity contribution in [2.45, 2.75) is 13.5 Å². The van der Waals surface area contributed by atoms with E-state index in [1.807, 2.05) is 49.4 Å². The van der Waals surface area contributed by atoms with Crippen LogP contribution in [0.4, 0.5) is 5.69 Å². The summed E-state index contributed by atoms with van der Waals surface area (Å²) in [6.45, 7) is 2.21. The maximum Gasteiger partial charge on any atom is 0.255 e. The van der Waals surface area contributed by atoms with Crippen molar-refractivity contribution >= 4 is 11.6 Å². The lowest BCUT2D eigenvalue weighted by molar-refractivity contribution is 0.102. The number of benzene rings is 3. The molecule has 156 valence electrons. The Bertz CT molecular complexity index is 1010. The van der Waals surface area contributed by atoms with E-state index in [1.54, 1.807) is 39.5 Å². The number of methoxy groups -OCH3 is 3. The van der Waals surface area contributed by atoms with Gasteiger partial charge in [-0.1, -0.05) is 6.07 Å². The second kappa shape index (κ2) is 9.69. The molecule has 0 saturated carbocycles. The van der Waals surface area contributed by atoms with Crippen LogP contribution < -0.4 is 24.3 Å². The van der Waals surface area contributed by atoms with Gasteiger partial charge in [0.25, 0.3) is 5.91 Å². The molecule has 3 aromatic carbocycles. The van der Waals surface area contributed by atoms with Gasteiger partial charge in [0.05, 0.1) is 27.0 Å². The first kappa shape index (κ1) is 21.0. The van der Waals surface area contributed by atoms with Crippen LogP contribution in [0, 0.1) is 6.92 Å². The second-order valence-corrected chi connectivity index (χ2v) is 6.65. The summed E-state index contributed by atoms with van der Waals surface area (Å²) < 4.78 is 21.8. The van der Waals surface area contributed by atoms with Gasteiger partial charge in [0, 0.05) is 11.1 Å². The van der Waals surface area contributed by atoms with E-state index < -0.39 is 0 Å². The average molecular weight is 407 g/mol. The Kier molecular flexibility index (Phi) is 6.80. The normalized spacial score (nSPS) is 10.3. The number of rotatable bonds is 8. The Hall–Kier alpha value is -3.67. The van der Waals surface area contributed by atoms with Gasteiger partial charge in [0.2, 0.25) is 0 Å². The maximum absolute atomic E-state index is 12.8. The Balaban J connectivity index is 1.77. The minimum Gasteiger partial charge on any atom is -0.497 e. The summed E-state index contributed by atoms with van der Waals surface area (Å²) >= 11 is 0. The number of anilines is 1. The molecule has 3 aromatic rings. The monoisotopic (exact) mass is 407 g/mol. The zero-order chi connectivity index (χ0) is 21.5. The van der Waals surface area contributed by atoms with E-state index in [4.69, 9.17) is 18.9 Å². The molecule has 30 heavy (non-hydrogen) atoms. The molecule has 0 spiro atoms. The van der Waals surface area contributed by atoms with Crippen molar-refractivity contribution in [3.8, 4) is 23.0 Å². The molecule has 6 heteroatoms. The molecule has 0 radical (unpaired) electrons. The second-order valence-electron chi connectivity index (χ2n) is 6.65. The Morgan fingerprint density at radius 3 is 2.13 bits per heavy atom. The van der Waals surface area contributed by atoms with Gasteiger partial charge in [0.1, 0.15) is 29.6 Å². The smallest absolute Gasteiger partial charge is 0.255 e. The Morgan fingerprint density at radius 1 is 0.800 bits per heavy atom. The average Bonchev–Trinajstić information content (AvgIpc) is 2.78. The molecule has 0 fully saturated rings. The third-order valence-corrected chi connectivity index (χ3v) is 4.60. The number of ether oxygens (including phenoxy) is 4. The van der Waals surface area contributed by atoms with E-state index in [9.17, 15) is 4.79 Å². The minimum atomic E-state index is -0.243. The minimum absolute atomic E-state index is 0.243. The summed E-state index contributed by atoms with van der Waals surface area (Å²) in [7, 11) is 4.77. The van der Waals surface area contributed by atoms with E-state index in [1.165, 1.54) is 0 Å². The van der Waals surface area contributed by atoms with Crippen molar-refractivity contribution < 1.29 is 23.7 Å². The number of hydrogen-bond acceptors (Lipinski definition) is 5. The van der Waals surface area contributed by atoms with Gasteiger partial charge >= 0.3 is 0 Å². The number of hydrogen-bond donors (Lipinski definition) is 1. The van der Waals surface area contributed by atoms with Gasteiger partial charge in [-0.3, -0.25) is 4.79 Å². The zero-order valence-electron chi connectivity index (χ0n) is 17.5. The number of amides is 1. The molecule has 0 aliphatic carbocycles. The molecular weight excluding hydrogens is 382 g/mol. The Labute approximate surface area is 176 Å². The van der Waals surface area contributed by atoms with E-state index in [-0.39, 0.29) is 12.5 Å². The van der Waals surface area contributed by atoms with Crippen molar-refractivity contribution in [2.75, 3.05) is 26.6 Å². The van der Waals surface area contributed by atoms with Crippen molar-refractivity contribution in [1.82, 2.24) is 0 Å². The summed E-state index contributed by atoms with van der Waals surface area (Å²) in [6, 6.07) is 18.2. The molecule has 0 heterocycles. The van der Waals surface area contributed by atoms with Crippen molar-refractivity contribution in [3.63, 3.8) is 0 Å². The van der Waals surface area contributed by atoms with Crippen LogP contribution >= 0.6 is 0 Å². The largest absolute Gasteiger partial charge is 0.497 e. The van der Waals surface area contributed by atoms with Crippen LogP contribution in [-0.4, -0.2) is 27.2 Å². The van der Waals surface area contributed by atoms with Crippen LogP contribution in [0.1, 0.15) is 21.5 Å². The third kappa shape index (κ3) is 5.03. The van der Waals surface area contributed by atoms with Crippen LogP contribution in [0.3, 0.4) is 0 Å². The highest BCUT2D eigenvalue weighted by Gasteiger charge is 2.13. The predicted molar refractivity (Wildman–Crippen MR) is 116 cm³/mol. The fourth-order valence-corrected chi connectivity index (χ4v) is 2.98. The molecule has 0 saturated heterocycles. The first-order valence-corrected chi connectivity index (χ1v) is 9.44. The summed E-state index contributed by atoms with van der Waals surface area (Å²) in [5.74, 6) is 2.45. The topological polar surface area (TPSA) is 66.0 Å². The van der Waals surface area contributed by atoms with Crippen molar-refractivity contribution in [3.05, 3.63) is 77.4 Å². The van der Waals surface area contributed by atoms with Gasteiger partial charge in [-0.25, -0.2) is 0 Å². The quantitative estimate of drug-likeness (QED) is 0.578. The highest BCUT2D eigenvalue weighted by molar-refractivity contribution is 6.05. The van der Waals surface area contributed by atoms with E-state index in [0.717, 1.165) is 16.9 Å².